The van der Waals surface area contributed by atoms with Crippen LogP contribution in [0.1, 0.15) is 36.0 Å². The molecule has 3 unspecified atom stereocenters. The topological polar surface area (TPSA) is 86.6 Å². The smallest absolute Gasteiger partial charge is 0.255 e. The molecule has 2 saturated carbocycles. The van der Waals surface area contributed by atoms with E-state index in [1.54, 1.807) is 0 Å². The summed E-state index contributed by atoms with van der Waals surface area (Å²) in [6, 6.07) is 5.50. The summed E-state index contributed by atoms with van der Waals surface area (Å²) in [6.45, 7) is -0.347. The van der Waals surface area contributed by atoms with Crippen LogP contribution in [0.15, 0.2) is 35.2 Å². The fourth-order valence-electron chi connectivity index (χ4n) is 4.89. The molecule has 2 fully saturated rings. The maximum absolute atomic E-state index is 13.5. The Bertz CT molecular complexity index is 1060. The van der Waals surface area contributed by atoms with Crippen LogP contribution in [0.4, 0.5) is 18.9 Å². The van der Waals surface area contributed by atoms with Gasteiger partial charge in [0.05, 0.1) is 32.9 Å². The molecule has 172 valence electrons. The lowest BCUT2D eigenvalue weighted by molar-refractivity contribution is -0.0594. The number of aliphatic hydroxyl groups excluding tert-OH is 1. The monoisotopic (exact) mass is 487 g/mol. The van der Waals surface area contributed by atoms with Crippen LogP contribution in [0.2, 0.25) is 5.02 Å². The average molecular weight is 488 g/mol. The van der Waals surface area contributed by atoms with Gasteiger partial charge in [0.1, 0.15) is 0 Å². The van der Waals surface area contributed by atoms with Gasteiger partial charge in [-0.05, 0) is 55.7 Å². The molecule has 5 nitrogen and oxygen atoms in total. The van der Waals surface area contributed by atoms with E-state index < -0.39 is 39.8 Å². The van der Waals surface area contributed by atoms with Gasteiger partial charge in [-0.1, -0.05) is 11.6 Å². The first-order valence-electron chi connectivity index (χ1n) is 10.1. The number of carbonyl (C=O) groups is 1. The fraction of sp³-hybridized carbons (Fsp3) is 0.409. The minimum Gasteiger partial charge on any atom is -0.393 e. The lowest BCUT2D eigenvalue weighted by Crippen LogP contribution is -2.46. The highest BCUT2D eigenvalue weighted by Gasteiger charge is 2.51. The van der Waals surface area contributed by atoms with Gasteiger partial charge < -0.3 is 15.5 Å². The number of fused-ring (bicyclic) bond motifs is 2. The summed E-state index contributed by atoms with van der Waals surface area (Å²) in [7, 11) is -1.57. The first-order valence-corrected chi connectivity index (χ1v) is 11.7. The van der Waals surface area contributed by atoms with Crippen molar-refractivity contribution in [3.63, 3.8) is 0 Å². The normalized spacial score (nSPS) is 27.9. The molecule has 0 aliphatic heterocycles. The number of aliphatic hydroxyl groups is 2. The third kappa shape index (κ3) is 4.31. The van der Waals surface area contributed by atoms with Crippen LogP contribution in [0.25, 0.3) is 0 Å². The van der Waals surface area contributed by atoms with Gasteiger partial charge in [0.15, 0.2) is 17.5 Å². The Morgan fingerprint density at radius 1 is 1.12 bits per heavy atom. The molecule has 0 radical (unpaired) electrons. The standard InChI is InChI=1S/C22H21ClF3NO4S/c23-15-4-3-11(21(29)27-14-6-16(24)19(26)17(25)7-14)5-18(15)32(31)20-12-1-2-13(20)9-22(30,8-12)10-28/h3-7,12-13,20,28,30H,1-2,8-10H2,(H,27,29). The van der Waals surface area contributed by atoms with Gasteiger partial charge in [-0.2, -0.15) is 0 Å². The number of halogens is 4. The van der Waals surface area contributed by atoms with Crippen molar-refractivity contribution in [1.82, 2.24) is 0 Å². The van der Waals surface area contributed by atoms with E-state index in [1.165, 1.54) is 18.2 Å². The van der Waals surface area contributed by atoms with E-state index in [-0.39, 0.29) is 44.9 Å². The molecule has 0 saturated heterocycles. The molecule has 1 amide bonds. The summed E-state index contributed by atoms with van der Waals surface area (Å²) in [5.41, 5.74) is -1.37. The van der Waals surface area contributed by atoms with Gasteiger partial charge in [0.2, 0.25) is 0 Å². The van der Waals surface area contributed by atoms with Crippen molar-refractivity contribution < 1.29 is 32.4 Å². The molecule has 2 aliphatic carbocycles. The molecule has 0 heterocycles. The lowest BCUT2D eigenvalue weighted by atomic mass is 9.77. The number of rotatable bonds is 5. The van der Waals surface area contributed by atoms with Crippen LogP contribution in [0.5, 0.6) is 0 Å². The Labute approximate surface area is 190 Å². The number of hydrogen-bond donors (Lipinski definition) is 3. The molecular weight excluding hydrogens is 467 g/mol. The maximum Gasteiger partial charge on any atom is 0.255 e. The van der Waals surface area contributed by atoms with Crippen LogP contribution in [-0.2, 0) is 10.8 Å². The summed E-state index contributed by atoms with van der Waals surface area (Å²) in [5, 5.41) is 22.2. The van der Waals surface area contributed by atoms with E-state index in [0.717, 1.165) is 12.8 Å². The van der Waals surface area contributed by atoms with E-state index in [9.17, 15) is 32.4 Å². The summed E-state index contributed by atoms with van der Waals surface area (Å²) >= 11 is 6.28. The summed E-state index contributed by atoms with van der Waals surface area (Å²) in [6.07, 6.45) is 2.25. The number of benzene rings is 2. The van der Waals surface area contributed by atoms with Crippen molar-refractivity contribution >= 4 is 34.0 Å². The second kappa shape index (κ2) is 8.78. The third-order valence-corrected chi connectivity index (χ3v) is 8.79. The molecule has 2 aromatic rings. The Kier molecular flexibility index (Phi) is 6.37. The van der Waals surface area contributed by atoms with Crippen LogP contribution in [-0.4, -0.2) is 37.8 Å². The molecule has 2 aromatic carbocycles. The summed E-state index contributed by atoms with van der Waals surface area (Å²) in [4.78, 5) is 12.9. The van der Waals surface area contributed by atoms with E-state index in [4.69, 9.17) is 11.6 Å². The molecule has 3 atom stereocenters. The number of anilines is 1. The Hall–Kier alpha value is -1.94. The van der Waals surface area contributed by atoms with E-state index in [2.05, 4.69) is 5.32 Å². The second-order valence-corrected chi connectivity index (χ2v) is 10.5. The number of carbonyl (C=O) groups excluding carboxylic acids is 1. The molecule has 0 aromatic heterocycles. The molecule has 32 heavy (non-hydrogen) atoms. The van der Waals surface area contributed by atoms with Crippen molar-refractivity contribution in [3.05, 3.63) is 58.4 Å². The quantitative estimate of drug-likeness (QED) is 0.556. The lowest BCUT2D eigenvalue weighted by Gasteiger charge is -2.39. The largest absolute Gasteiger partial charge is 0.393 e. The number of hydrogen-bond acceptors (Lipinski definition) is 4. The highest BCUT2D eigenvalue weighted by molar-refractivity contribution is 7.85. The number of nitrogens with one attached hydrogen (secondary N) is 1. The van der Waals surface area contributed by atoms with Gasteiger partial charge in [0, 0.05) is 28.6 Å². The van der Waals surface area contributed by atoms with Crippen LogP contribution >= 0.6 is 11.6 Å². The fourth-order valence-corrected chi connectivity index (χ4v) is 7.20. The zero-order chi connectivity index (χ0) is 23.2. The van der Waals surface area contributed by atoms with Crippen molar-refractivity contribution in [2.45, 2.75) is 41.4 Å². The van der Waals surface area contributed by atoms with Crippen LogP contribution in [0, 0.1) is 29.3 Å². The second-order valence-electron chi connectivity index (χ2n) is 8.50. The van der Waals surface area contributed by atoms with Crippen LogP contribution in [0.3, 0.4) is 0 Å². The number of amides is 1. The van der Waals surface area contributed by atoms with Crippen molar-refractivity contribution in [2.24, 2.45) is 11.8 Å². The molecule has 4 rings (SSSR count). The van der Waals surface area contributed by atoms with Gasteiger partial charge >= 0.3 is 0 Å². The summed E-state index contributed by atoms with van der Waals surface area (Å²) in [5.74, 6) is -5.34. The minimum atomic E-state index is -1.64. The van der Waals surface area contributed by atoms with Gasteiger partial charge in [0.25, 0.3) is 5.91 Å². The minimum absolute atomic E-state index is 0.0505. The van der Waals surface area contributed by atoms with Crippen molar-refractivity contribution in [1.29, 1.82) is 0 Å². The first kappa shape index (κ1) is 23.2. The zero-order valence-corrected chi connectivity index (χ0v) is 18.4. The van der Waals surface area contributed by atoms with E-state index in [1.807, 2.05) is 0 Å². The molecule has 2 bridgehead atoms. The van der Waals surface area contributed by atoms with E-state index >= 15 is 0 Å². The predicted molar refractivity (Wildman–Crippen MR) is 113 cm³/mol. The highest BCUT2D eigenvalue weighted by atomic mass is 35.5. The Morgan fingerprint density at radius 2 is 1.72 bits per heavy atom. The molecule has 0 spiro atoms. The zero-order valence-electron chi connectivity index (χ0n) is 16.8. The maximum atomic E-state index is 13.5. The van der Waals surface area contributed by atoms with Crippen molar-refractivity contribution in [3.8, 4) is 0 Å². The predicted octanol–water partition coefficient (Wildman–Crippen LogP) is 4.03. The molecule has 10 heteroatoms. The SMILES string of the molecule is O=C(Nc1cc(F)c(F)c(F)c1)c1ccc(Cl)c(S(=O)C2C3CCC2CC(O)(CO)C3)c1. The Morgan fingerprint density at radius 3 is 2.28 bits per heavy atom. The molecule has 2 aliphatic rings. The average Bonchev–Trinajstić information content (AvgIpc) is 3.03. The molecular formula is C22H21ClF3NO4S. The van der Waals surface area contributed by atoms with Gasteiger partial charge in [-0.3, -0.25) is 9.00 Å². The third-order valence-electron chi connectivity index (χ3n) is 6.32. The van der Waals surface area contributed by atoms with Crippen molar-refractivity contribution in [2.75, 3.05) is 11.9 Å². The van der Waals surface area contributed by atoms with Gasteiger partial charge in [-0.25, -0.2) is 13.2 Å². The van der Waals surface area contributed by atoms with Crippen LogP contribution < -0.4 is 5.32 Å². The summed E-state index contributed by atoms with van der Waals surface area (Å²) < 4.78 is 53.4. The molecule has 3 N–H and O–H groups in total. The first-order chi connectivity index (χ1) is 15.1. The van der Waals surface area contributed by atoms with E-state index in [0.29, 0.717) is 25.0 Å². The Balaban J connectivity index is 1.57. The van der Waals surface area contributed by atoms with Gasteiger partial charge in [-0.15, -0.1) is 0 Å². The highest BCUT2D eigenvalue weighted by Crippen LogP contribution is 2.50.